The Kier molecular flexibility index (Phi) is 7.14. The number of aryl methyl sites for hydroxylation is 1. The smallest absolute Gasteiger partial charge is 0.325 e. The van der Waals surface area contributed by atoms with Crippen LogP contribution in [0.3, 0.4) is 0 Å². The standard InChI is InChI=1S/C24H24F3N7O3/c1-3-17(13-10-15(25)20(27)16(26)11-13)31-24(37)34-21(22(35)32-19-5-7-30-33(19)2)14(23(34)36)8-12-4-6-29-18(28)9-12/h4-7,9-11,14,17,21H,3,8H2,1-2H3,(H2,28,29)(H,31,37)(H,32,35)/t14-,17-,21+/m1/s1. The summed E-state index contributed by atoms with van der Waals surface area (Å²) in [5, 5.41) is 9.15. The number of nitrogens with one attached hydrogen (secondary N) is 2. The predicted octanol–water partition coefficient (Wildman–Crippen LogP) is 2.68. The normalized spacial score (nSPS) is 17.8. The third kappa shape index (κ3) is 5.10. The summed E-state index contributed by atoms with van der Waals surface area (Å²) in [6, 6.07) is 3.22. The van der Waals surface area contributed by atoms with Crippen molar-refractivity contribution >= 4 is 29.5 Å². The van der Waals surface area contributed by atoms with Gasteiger partial charge in [-0.3, -0.25) is 19.2 Å². The van der Waals surface area contributed by atoms with Crippen molar-refractivity contribution in [3.8, 4) is 0 Å². The summed E-state index contributed by atoms with van der Waals surface area (Å²) in [7, 11) is 1.61. The number of rotatable bonds is 7. The monoisotopic (exact) mass is 515 g/mol. The number of carbonyl (C=O) groups excluding carboxylic acids is 3. The molecule has 0 radical (unpaired) electrons. The lowest BCUT2D eigenvalue weighted by atomic mass is 9.82. The van der Waals surface area contributed by atoms with Gasteiger partial charge in [-0.1, -0.05) is 6.92 Å². The fourth-order valence-corrected chi connectivity index (χ4v) is 4.26. The van der Waals surface area contributed by atoms with Crippen molar-refractivity contribution in [2.75, 3.05) is 11.1 Å². The van der Waals surface area contributed by atoms with Crippen LogP contribution in [0.4, 0.5) is 29.6 Å². The van der Waals surface area contributed by atoms with Crippen LogP contribution in [0.15, 0.2) is 42.7 Å². The molecule has 3 atom stereocenters. The predicted molar refractivity (Wildman–Crippen MR) is 126 cm³/mol. The van der Waals surface area contributed by atoms with Gasteiger partial charge in [0.2, 0.25) is 11.8 Å². The highest BCUT2D eigenvalue weighted by Gasteiger charge is 2.54. The Morgan fingerprint density at radius 1 is 1.14 bits per heavy atom. The van der Waals surface area contributed by atoms with E-state index in [0.717, 1.165) is 17.0 Å². The zero-order valence-electron chi connectivity index (χ0n) is 19.9. The van der Waals surface area contributed by atoms with Gasteiger partial charge >= 0.3 is 6.03 Å². The molecule has 0 spiro atoms. The first-order chi connectivity index (χ1) is 17.6. The van der Waals surface area contributed by atoms with E-state index in [2.05, 4.69) is 20.7 Å². The Labute approximate surface area is 209 Å². The molecule has 194 valence electrons. The number of hydrogen-bond donors (Lipinski definition) is 3. The molecule has 4 amide bonds. The summed E-state index contributed by atoms with van der Waals surface area (Å²) < 4.78 is 42.4. The van der Waals surface area contributed by atoms with Gasteiger partial charge in [0.05, 0.1) is 18.2 Å². The fourth-order valence-electron chi connectivity index (χ4n) is 4.26. The molecule has 1 saturated heterocycles. The number of urea groups is 1. The Balaban J connectivity index is 1.58. The van der Waals surface area contributed by atoms with E-state index in [4.69, 9.17) is 5.73 Å². The first kappa shape index (κ1) is 25.7. The molecule has 4 rings (SSSR count). The molecule has 0 saturated carbocycles. The molecule has 0 bridgehead atoms. The van der Waals surface area contributed by atoms with Crippen molar-refractivity contribution in [1.29, 1.82) is 0 Å². The molecule has 1 aliphatic heterocycles. The number of β-lactam (4-membered cyclic amide) rings is 1. The number of benzene rings is 1. The number of nitrogens with two attached hydrogens (primary N) is 1. The summed E-state index contributed by atoms with van der Waals surface area (Å²) in [5.74, 6) is -6.00. The van der Waals surface area contributed by atoms with E-state index in [0.29, 0.717) is 11.4 Å². The van der Waals surface area contributed by atoms with Gasteiger partial charge in [-0.05, 0) is 48.2 Å². The molecular weight excluding hydrogens is 491 g/mol. The van der Waals surface area contributed by atoms with E-state index in [1.54, 1.807) is 32.2 Å². The zero-order chi connectivity index (χ0) is 26.9. The Hall–Kier alpha value is -4.42. The van der Waals surface area contributed by atoms with Crippen molar-refractivity contribution < 1.29 is 27.6 Å². The zero-order valence-corrected chi connectivity index (χ0v) is 19.9. The van der Waals surface area contributed by atoms with Gasteiger partial charge in [-0.2, -0.15) is 5.10 Å². The largest absolute Gasteiger partial charge is 0.384 e. The number of nitrogen functional groups attached to an aromatic ring is 1. The van der Waals surface area contributed by atoms with Gasteiger partial charge in [-0.15, -0.1) is 0 Å². The Bertz CT molecular complexity index is 1340. The number of nitrogens with zero attached hydrogens (tertiary/aromatic N) is 4. The molecule has 1 fully saturated rings. The van der Waals surface area contributed by atoms with Crippen LogP contribution in [0, 0.1) is 23.4 Å². The fraction of sp³-hybridized carbons (Fsp3) is 0.292. The topological polar surface area (TPSA) is 135 Å². The van der Waals surface area contributed by atoms with Crippen LogP contribution >= 0.6 is 0 Å². The second-order valence-electron chi connectivity index (χ2n) is 8.59. The highest BCUT2D eigenvalue weighted by atomic mass is 19.2. The highest BCUT2D eigenvalue weighted by molar-refractivity contribution is 6.11. The number of halogens is 3. The minimum absolute atomic E-state index is 0.0279. The van der Waals surface area contributed by atoms with Crippen LogP contribution in [0.2, 0.25) is 0 Å². The van der Waals surface area contributed by atoms with Crippen LogP contribution in [0.25, 0.3) is 0 Å². The number of hydrogen-bond acceptors (Lipinski definition) is 6. The Morgan fingerprint density at radius 3 is 2.43 bits per heavy atom. The summed E-state index contributed by atoms with van der Waals surface area (Å²) in [5.41, 5.74) is 6.34. The second-order valence-corrected chi connectivity index (χ2v) is 8.59. The number of pyridine rings is 1. The molecule has 13 heteroatoms. The highest BCUT2D eigenvalue weighted by Crippen LogP contribution is 2.32. The van der Waals surface area contributed by atoms with Gasteiger partial charge in [0.1, 0.15) is 17.7 Å². The summed E-state index contributed by atoms with van der Waals surface area (Å²) in [6.45, 7) is 1.63. The van der Waals surface area contributed by atoms with E-state index >= 15 is 0 Å². The van der Waals surface area contributed by atoms with E-state index in [1.165, 1.54) is 17.1 Å². The molecule has 10 nitrogen and oxygen atoms in total. The van der Waals surface area contributed by atoms with Crippen molar-refractivity contribution in [2.45, 2.75) is 31.8 Å². The number of imide groups is 1. The average molecular weight is 515 g/mol. The average Bonchev–Trinajstić information content (AvgIpc) is 3.26. The molecule has 3 aromatic rings. The van der Waals surface area contributed by atoms with E-state index in [-0.39, 0.29) is 24.2 Å². The van der Waals surface area contributed by atoms with Gasteiger partial charge < -0.3 is 16.4 Å². The number of likely N-dealkylation sites (tertiary alicyclic amines) is 1. The number of carbonyl (C=O) groups is 3. The summed E-state index contributed by atoms with van der Waals surface area (Å²) >= 11 is 0. The number of anilines is 2. The molecule has 4 N–H and O–H groups in total. The van der Waals surface area contributed by atoms with Gasteiger partial charge in [0.25, 0.3) is 0 Å². The van der Waals surface area contributed by atoms with Crippen molar-refractivity contribution in [1.82, 2.24) is 25.0 Å². The minimum Gasteiger partial charge on any atom is -0.384 e. The van der Waals surface area contributed by atoms with E-state index in [9.17, 15) is 27.6 Å². The van der Waals surface area contributed by atoms with E-state index in [1.807, 2.05) is 0 Å². The van der Waals surface area contributed by atoms with Crippen molar-refractivity contribution in [2.24, 2.45) is 13.0 Å². The lowest BCUT2D eigenvalue weighted by Crippen LogP contribution is -2.69. The van der Waals surface area contributed by atoms with Gasteiger partial charge in [0.15, 0.2) is 17.5 Å². The third-order valence-electron chi connectivity index (χ3n) is 6.19. The van der Waals surface area contributed by atoms with Crippen molar-refractivity contribution in [3.63, 3.8) is 0 Å². The molecule has 0 unspecified atom stereocenters. The maximum absolute atomic E-state index is 13.8. The first-order valence-corrected chi connectivity index (χ1v) is 11.4. The lowest BCUT2D eigenvalue weighted by molar-refractivity contribution is -0.155. The minimum atomic E-state index is -1.63. The Morgan fingerprint density at radius 2 is 1.84 bits per heavy atom. The quantitative estimate of drug-likeness (QED) is 0.327. The van der Waals surface area contributed by atoms with Gasteiger partial charge in [0, 0.05) is 19.3 Å². The molecule has 1 aromatic carbocycles. The SMILES string of the molecule is CC[C@@H](NC(=O)N1C(=O)[C@H](Cc2ccnc(N)c2)[C@H]1C(=O)Nc1ccnn1C)c1cc(F)c(F)c(F)c1. The van der Waals surface area contributed by atoms with Crippen LogP contribution in [-0.2, 0) is 23.1 Å². The lowest BCUT2D eigenvalue weighted by Gasteiger charge is -2.44. The van der Waals surface area contributed by atoms with Crippen molar-refractivity contribution in [3.05, 3.63) is 71.3 Å². The molecule has 0 aliphatic carbocycles. The number of aromatic nitrogens is 3. The second kappa shape index (κ2) is 10.3. The molecule has 3 heterocycles. The van der Waals surface area contributed by atoms with Crippen LogP contribution < -0.4 is 16.4 Å². The summed E-state index contributed by atoms with van der Waals surface area (Å²) in [6.07, 6.45) is 3.22. The maximum atomic E-state index is 13.8. The van der Waals surface area contributed by atoms with Crippen LogP contribution in [0.5, 0.6) is 0 Å². The third-order valence-corrected chi connectivity index (χ3v) is 6.19. The number of amides is 4. The van der Waals surface area contributed by atoms with Crippen LogP contribution in [-0.4, -0.2) is 43.6 Å². The molecular formula is C24H24F3N7O3. The molecule has 2 aromatic heterocycles. The van der Waals surface area contributed by atoms with E-state index < -0.39 is 53.3 Å². The van der Waals surface area contributed by atoms with Gasteiger partial charge in [-0.25, -0.2) is 22.9 Å². The first-order valence-electron chi connectivity index (χ1n) is 11.4. The van der Waals surface area contributed by atoms with Crippen LogP contribution in [0.1, 0.15) is 30.5 Å². The molecule has 1 aliphatic rings. The molecule has 37 heavy (non-hydrogen) atoms. The summed E-state index contributed by atoms with van der Waals surface area (Å²) in [4.78, 5) is 44.1. The maximum Gasteiger partial charge on any atom is 0.325 e.